The second kappa shape index (κ2) is 9.16. The molecule has 0 aliphatic heterocycles. The molecule has 0 radical (unpaired) electrons. The van der Waals surface area contributed by atoms with Crippen LogP contribution in [0.1, 0.15) is 90.9 Å². The van der Waals surface area contributed by atoms with Gasteiger partial charge in [0, 0.05) is 19.8 Å². The highest BCUT2D eigenvalue weighted by Gasteiger charge is 2.45. The minimum atomic E-state index is 0.434. The first-order valence-electron chi connectivity index (χ1n) is 12.3. The molecule has 0 amide bonds. The van der Waals surface area contributed by atoms with Crippen molar-refractivity contribution in [1.29, 1.82) is 0 Å². The zero-order chi connectivity index (χ0) is 18.7. The van der Waals surface area contributed by atoms with Crippen LogP contribution in [0.15, 0.2) is 0 Å². The molecule has 0 aromatic rings. The molecule has 4 rings (SSSR count). The second-order valence-corrected chi connectivity index (χ2v) is 11.1. The van der Waals surface area contributed by atoms with Gasteiger partial charge in [-0.3, -0.25) is 0 Å². The summed E-state index contributed by atoms with van der Waals surface area (Å²) >= 11 is 0. The minimum Gasteiger partial charge on any atom is -0.381 e. The Morgan fingerprint density at radius 3 is 2.19 bits per heavy atom. The lowest BCUT2D eigenvalue weighted by Crippen LogP contribution is -2.43. The van der Waals surface area contributed by atoms with Gasteiger partial charge in [-0.2, -0.15) is 0 Å². The van der Waals surface area contributed by atoms with Crippen molar-refractivity contribution in [2.24, 2.45) is 40.9 Å². The Hall–Kier alpha value is -0.0800. The number of hydrogen-bond acceptors (Lipinski definition) is 2. The van der Waals surface area contributed by atoms with E-state index >= 15 is 0 Å². The lowest BCUT2D eigenvalue weighted by atomic mass is 9.56. The van der Waals surface area contributed by atoms with Crippen molar-refractivity contribution in [3.05, 3.63) is 0 Å². The van der Waals surface area contributed by atoms with E-state index in [4.69, 9.17) is 9.47 Å². The average Bonchev–Trinajstić information content (AvgIpc) is 2.64. The smallest absolute Gasteiger partial charge is 0.0519 e. The van der Waals surface area contributed by atoms with Gasteiger partial charge in [-0.05, 0) is 86.4 Å². The molecule has 4 aliphatic rings. The third-order valence-electron chi connectivity index (χ3n) is 8.70. The molecule has 0 aromatic carbocycles. The van der Waals surface area contributed by atoms with Crippen molar-refractivity contribution >= 4 is 0 Å². The van der Waals surface area contributed by atoms with E-state index in [0.29, 0.717) is 5.41 Å². The molecule has 4 aliphatic carbocycles. The highest BCUT2D eigenvalue weighted by molar-refractivity contribution is 4.95. The lowest BCUT2D eigenvalue weighted by molar-refractivity contribution is -0.0540. The molecule has 4 fully saturated rings. The minimum absolute atomic E-state index is 0.434. The molecule has 4 atom stereocenters. The molecule has 156 valence electrons. The normalized spacial score (nSPS) is 44.2. The summed E-state index contributed by atoms with van der Waals surface area (Å²) in [4.78, 5) is 0. The highest BCUT2D eigenvalue weighted by atomic mass is 16.5. The van der Waals surface area contributed by atoms with Crippen LogP contribution in [-0.4, -0.2) is 26.4 Å². The molecule has 4 unspecified atom stereocenters. The Balaban J connectivity index is 1.21. The van der Waals surface area contributed by atoms with E-state index in [0.717, 1.165) is 61.9 Å². The van der Waals surface area contributed by atoms with Gasteiger partial charge in [0.2, 0.25) is 0 Å². The van der Waals surface area contributed by atoms with Crippen LogP contribution in [0.3, 0.4) is 0 Å². The number of hydrogen-bond donors (Lipinski definition) is 0. The zero-order valence-corrected chi connectivity index (χ0v) is 18.1. The van der Waals surface area contributed by atoms with Crippen molar-refractivity contribution in [2.75, 3.05) is 26.4 Å². The number of ether oxygens (including phenoxy) is 2. The van der Waals surface area contributed by atoms with Gasteiger partial charge in [-0.25, -0.2) is 0 Å². The van der Waals surface area contributed by atoms with E-state index in [-0.39, 0.29) is 0 Å². The van der Waals surface area contributed by atoms with Gasteiger partial charge in [0.25, 0.3) is 0 Å². The molecule has 2 heteroatoms. The first-order chi connectivity index (χ1) is 13.1. The van der Waals surface area contributed by atoms with E-state index < -0.39 is 0 Å². The van der Waals surface area contributed by atoms with Gasteiger partial charge in [0.05, 0.1) is 6.61 Å². The Labute approximate surface area is 168 Å². The molecule has 0 heterocycles. The topological polar surface area (TPSA) is 18.5 Å². The van der Waals surface area contributed by atoms with Gasteiger partial charge in [-0.1, -0.05) is 45.4 Å². The van der Waals surface area contributed by atoms with Crippen LogP contribution in [0.25, 0.3) is 0 Å². The van der Waals surface area contributed by atoms with E-state index in [2.05, 4.69) is 13.8 Å². The summed E-state index contributed by atoms with van der Waals surface area (Å²) in [7, 11) is 0. The fourth-order valence-corrected chi connectivity index (χ4v) is 7.72. The third kappa shape index (κ3) is 5.10. The Bertz CT molecular complexity index is 435. The van der Waals surface area contributed by atoms with E-state index in [1.807, 2.05) is 0 Å². The summed E-state index contributed by atoms with van der Waals surface area (Å²) < 4.78 is 12.1. The third-order valence-corrected chi connectivity index (χ3v) is 8.70. The summed E-state index contributed by atoms with van der Waals surface area (Å²) in [6.07, 6.45) is 17.4. The predicted octanol–water partition coefficient (Wildman–Crippen LogP) is 6.48. The molecule has 0 saturated heterocycles. The van der Waals surface area contributed by atoms with Crippen LogP contribution < -0.4 is 0 Å². The monoisotopic (exact) mass is 376 g/mol. The van der Waals surface area contributed by atoms with E-state index in [1.165, 1.54) is 77.0 Å². The van der Waals surface area contributed by atoms with Gasteiger partial charge < -0.3 is 9.47 Å². The highest BCUT2D eigenvalue weighted by Crippen LogP contribution is 2.53. The summed E-state index contributed by atoms with van der Waals surface area (Å²) in [6.45, 7) is 8.53. The van der Waals surface area contributed by atoms with Gasteiger partial charge in [0.15, 0.2) is 0 Å². The van der Waals surface area contributed by atoms with Crippen molar-refractivity contribution in [3.63, 3.8) is 0 Å². The molecule has 4 bridgehead atoms. The molecule has 0 N–H and O–H groups in total. The zero-order valence-electron chi connectivity index (χ0n) is 18.1. The SMILES string of the molecule is CCOCC1(C)CC2CCCC(C1)C2CCOCC1CC2CCCC(C2)C1. The van der Waals surface area contributed by atoms with E-state index in [9.17, 15) is 0 Å². The predicted molar refractivity (Wildman–Crippen MR) is 112 cm³/mol. The number of rotatable bonds is 8. The summed E-state index contributed by atoms with van der Waals surface area (Å²) in [5.74, 6) is 5.73. The van der Waals surface area contributed by atoms with Crippen LogP contribution in [0.5, 0.6) is 0 Å². The van der Waals surface area contributed by atoms with Crippen molar-refractivity contribution in [2.45, 2.75) is 90.9 Å². The number of fused-ring (bicyclic) bond motifs is 4. The van der Waals surface area contributed by atoms with Crippen LogP contribution in [-0.2, 0) is 9.47 Å². The maximum atomic E-state index is 6.30. The Kier molecular flexibility index (Phi) is 6.85. The fourth-order valence-electron chi connectivity index (χ4n) is 7.72. The molecule has 27 heavy (non-hydrogen) atoms. The lowest BCUT2D eigenvalue weighted by Gasteiger charge is -2.50. The quantitative estimate of drug-likeness (QED) is 0.451. The van der Waals surface area contributed by atoms with Gasteiger partial charge in [-0.15, -0.1) is 0 Å². The largest absolute Gasteiger partial charge is 0.381 e. The molecular weight excluding hydrogens is 332 g/mol. The summed E-state index contributed by atoms with van der Waals surface area (Å²) in [5.41, 5.74) is 0.434. The second-order valence-electron chi connectivity index (χ2n) is 11.1. The fraction of sp³-hybridized carbons (Fsp3) is 1.00. The van der Waals surface area contributed by atoms with Crippen LogP contribution >= 0.6 is 0 Å². The summed E-state index contributed by atoms with van der Waals surface area (Å²) in [5, 5.41) is 0. The van der Waals surface area contributed by atoms with Crippen molar-refractivity contribution in [3.8, 4) is 0 Å². The molecule has 0 aromatic heterocycles. The molecule has 2 nitrogen and oxygen atoms in total. The molecule has 0 spiro atoms. The first kappa shape index (κ1) is 20.2. The molecular formula is C25H44O2. The van der Waals surface area contributed by atoms with E-state index in [1.54, 1.807) is 0 Å². The summed E-state index contributed by atoms with van der Waals surface area (Å²) in [6, 6.07) is 0. The Morgan fingerprint density at radius 2 is 1.52 bits per heavy atom. The van der Waals surface area contributed by atoms with Gasteiger partial charge in [0.1, 0.15) is 0 Å². The van der Waals surface area contributed by atoms with Gasteiger partial charge >= 0.3 is 0 Å². The molecule has 4 saturated carbocycles. The van der Waals surface area contributed by atoms with Crippen molar-refractivity contribution in [1.82, 2.24) is 0 Å². The van der Waals surface area contributed by atoms with Crippen LogP contribution in [0.2, 0.25) is 0 Å². The van der Waals surface area contributed by atoms with Crippen LogP contribution in [0, 0.1) is 40.9 Å². The maximum absolute atomic E-state index is 6.30. The first-order valence-corrected chi connectivity index (χ1v) is 12.3. The van der Waals surface area contributed by atoms with Crippen molar-refractivity contribution < 1.29 is 9.47 Å². The maximum Gasteiger partial charge on any atom is 0.0519 e. The standard InChI is InChI=1S/C25H44O2/c1-3-26-18-25(2)15-22-8-5-9-23(16-25)24(22)10-11-27-17-21-13-19-6-4-7-20(12-19)14-21/h19-24H,3-18H2,1-2H3. The Morgan fingerprint density at radius 1 is 0.852 bits per heavy atom. The van der Waals surface area contributed by atoms with Crippen LogP contribution in [0.4, 0.5) is 0 Å². The average molecular weight is 377 g/mol.